The van der Waals surface area contributed by atoms with E-state index in [9.17, 15) is 0 Å². The second-order valence-corrected chi connectivity index (χ2v) is 7.96. The fraction of sp³-hybridized carbons (Fsp3) is 0.867. The molecule has 0 amide bonds. The van der Waals surface area contributed by atoms with Gasteiger partial charge in [-0.3, -0.25) is 0 Å². The zero-order chi connectivity index (χ0) is 12.5. The first kappa shape index (κ1) is 14.7. The second-order valence-electron chi connectivity index (χ2n) is 7.96. The highest BCUT2D eigenvalue weighted by atomic mass is 14.3. The lowest BCUT2D eigenvalue weighted by atomic mass is 9.69. The molecule has 0 fully saturated rings. The van der Waals surface area contributed by atoms with Gasteiger partial charge in [-0.2, -0.15) is 0 Å². The van der Waals surface area contributed by atoms with Crippen molar-refractivity contribution in [1.82, 2.24) is 0 Å². The second kappa shape index (κ2) is 4.31. The van der Waals surface area contributed by atoms with Crippen LogP contribution in [0.4, 0.5) is 0 Å². The summed E-state index contributed by atoms with van der Waals surface area (Å²) >= 11 is 0. The van der Waals surface area contributed by atoms with Crippen LogP contribution in [0.3, 0.4) is 0 Å². The molecular formula is C15H30. The predicted molar refractivity (Wildman–Crippen MR) is 71.1 cm³/mol. The van der Waals surface area contributed by atoms with Crippen LogP contribution in [0.2, 0.25) is 0 Å². The van der Waals surface area contributed by atoms with E-state index in [1.165, 1.54) is 12.0 Å². The monoisotopic (exact) mass is 210 g/mol. The van der Waals surface area contributed by atoms with E-state index in [0.29, 0.717) is 10.8 Å². The third-order valence-corrected chi connectivity index (χ3v) is 2.67. The van der Waals surface area contributed by atoms with Crippen LogP contribution in [0, 0.1) is 16.2 Å². The maximum atomic E-state index is 4.30. The highest BCUT2D eigenvalue weighted by molar-refractivity contribution is 5.09. The Kier molecular flexibility index (Phi) is 4.24. The lowest BCUT2D eigenvalue weighted by Crippen LogP contribution is -2.24. The van der Waals surface area contributed by atoms with Gasteiger partial charge in [-0.15, -0.1) is 0 Å². The van der Waals surface area contributed by atoms with Gasteiger partial charge in [0.25, 0.3) is 0 Å². The van der Waals surface area contributed by atoms with Gasteiger partial charge in [-0.25, -0.2) is 0 Å². The van der Waals surface area contributed by atoms with Crippen molar-refractivity contribution in [3.63, 3.8) is 0 Å². The van der Waals surface area contributed by atoms with E-state index in [-0.39, 0.29) is 5.41 Å². The van der Waals surface area contributed by atoms with Crippen molar-refractivity contribution in [2.24, 2.45) is 16.2 Å². The lowest BCUT2D eigenvalue weighted by molar-refractivity contribution is 0.232. The Bertz CT molecular complexity index is 217. The highest BCUT2D eigenvalue weighted by Crippen LogP contribution is 2.42. The molecule has 0 heterocycles. The maximum Gasteiger partial charge on any atom is -0.0142 e. The molecule has 0 nitrogen and oxygen atoms in total. The summed E-state index contributed by atoms with van der Waals surface area (Å²) in [4.78, 5) is 0. The quantitative estimate of drug-likeness (QED) is 0.544. The summed E-state index contributed by atoms with van der Waals surface area (Å²) in [6.45, 7) is 22.7. The zero-order valence-electron chi connectivity index (χ0n) is 12.1. The van der Waals surface area contributed by atoms with Gasteiger partial charge in [0.05, 0.1) is 0 Å². The number of rotatable bonds is 3. The van der Waals surface area contributed by atoms with E-state index in [1.807, 2.05) is 0 Å². The summed E-state index contributed by atoms with van der Waals surface area (Å²) in [5.74, 6) is 0. The smallest absolute Gasteiger partial charge is 0.0142 e. The van der Waals surface area contributed by atoms with E-state index in [0.717, 1.165) is 6.42 Å². The standard InChI is InChI=1S/C15H30/c1-12(10-13(2,3)4)15(8,9)11-14(5,6)7/h1,10-11H2,2-9H3. The lowest BCUT2D eigenvalue weighted by Gasteiger charge is -2.36. The average molecular weight is 210 g/mol. The van der Waals surface area contributed by atoms with Crippen molar-refractivity contribution in [1.29, 1.82) is 0 Å². The molecule has 0 aromatic heterocycles. The SMILES string of the molecule is C=C(CC(C)(C)C)C(C)(C)CC(C)(C)C. The molecule has 0 spiro atoms. The molecule has 0 rings (SSSR count). The Morgan fingerprint density at radius 3 is 1.47 bits per heavy atom. The van der Waals surface area contributed by atoms with Crippen molar-refractivity contribution in [3.8, 4) is 0 Å². The Labute approximate surface area is 97.2 Å². The molecule has 0 N–H and O–H groups in total. The molecule has 90 valence electrons. The Morgan fingerprint density at radius 2 is 1.20 bits per heavy atom. The van der Waals surface area contributed by atoms with Gasteiger partial charge in [0.15, 0.2) is 0 Å². The number of hydrogen-bond donors (Lipinski definition) is 0. The first-order valence-corrected chi connectivity index (χ1v) is 6.02. The first-order valence-electron chi connectivity index (χ1n) is 6.02. The summed E-state index contributed by atoms with van der Waals surface area (Å²) < 4.78 is 0. The van der Waals surface area contributed by atoms with Gasteiger partial charge in [0.1, 0.15) is 0 Å². The highest BCUT2D eigenvalue weighted by Gasteiger charge is 2.29. The minimum Gasteiger partial charge on any atom is -0.0993 e. The zero-order valence-corrected chi connectivity index (χ0v) is 12.1. The average Bonchev–Trinajstić information content (AvgIpc) is 1.75. The summed E-state index contributed by atoms with van der Waals surface area (Å²) in [5, 5.41) is 0. The molecule has 0 saturated heterocycles. The van der Waals surface area contributed by atoms with Gasteiger partial charge in [0, 0.05) is 0 Å². The van der Waals surface area contributed by atoms with Crippen molar-refractivity contribution < 1.29 is 0 Å². The molecule has 0 saturated carbocycles. The summed E-state index contributed by atoms with van der Waals surface area (Å²) in [5.41, 5.74) is 2.38. The molecule has 0 aliphatic carbocycles. The summed E-state index contributed by atoms with van der Waals surface area (Å²) in [6, 6.07) is 0. The van der Waals surface area contributed by atoms with Gasteiger partial charge >= 0.3 is 0 Å². The molecule has 0 bridgehead atoms. The van der Waals surface area contributed by atoms with E-state index in [4.69, 9.17) is 0 Å². The molecule has 0 radical (unpaired) electrons. The minimum atomic E-state index is 0.255. The van der Waals surface area contributed by atoms with Crippen molar-refractivity contribution in [2.75, 3.05) is 0 Å². The van der Waals surface area contributed by atoms with E-state index in [2.05, 4.69) is 62.0 Å². The third-order valence-electron chi connectivity index (χ3n) is 2.67. The molecule has 0 atom stereocenters. The Balaban J connectivity index is 4.54. The van der Waals surface area contributed by atoms with Crippen LogP contribution < -0.4 is 0 Å². The Morgan fingerprint density at radius 1 is 0.800 bits per heavy atom. The molecule has 0 aromatic carbocycles. The Hall–Kier alpha value is -0.260. The minimum absolute atomic E-state index is 0.255. The maximum absolute atomic E-state index is 4.30. The number of allylic oxidation sites excluding steroid dienone is 1. The molecule has 0 heteroatoms. The fourth-order valence-corrected chi connectivity index (χ4v) is 2.33. The molecule has 0 aliphatic heterocycles. The van der Waals surface area contributed by atoms with Crippen molar-refractivity contribution in [3.05, 3.63) is 12.2 Å². The molecule has 15 heavy (non-hydrogen) atoms. The third kappa shape index (κ3) is 6.76. The van der Waals surface area contributed by atoms with E-state index in [1.54, 1.807) is 0 Å². The molecule has 0 aliphatic rings. The van der Waals surface area contributed by atoms with Gasteiger partial charge in [-0.05, 0) is 29.1 Å². The summed E-state index contributed by atoms with van der Waals surface area (Å²) in [6.07, 6.45) is 2.32. The topological polar surface area (TPSA) is 0 Å². The van der Waals surface area contributed by atoms with Crippen LogP contribution in [0.15, 0.2) is 12.2 Å². The first-order chi connectivity index (χ1) is 6.33. The van der Waals surface area contributed by atoms with Gasteiger partial charge < -0.3 is 0 Å². The van der Waals surface area contributed by atoms with Crippen LogP contribution in [-0.4, -0.2) is 0 Å². The predicted octanol–water partition coefficient (Wildman–Crippen LogP) is 5.44. The van der Waals surface area contributed by atoms with Crippen LogP contribution in [0.25, 0.3) is 0 Å². The van der Waals surface area contributed by atoms with Gasteiger partial charge in [0.2, 0.25) is 0 Å². The molecule has 0 aromatic rings. The van der Waals surface area contributed by atoms with Crippen molar-refractivity contribution in [2.45, 2.75) is 68.2 Å². The largest absolute Gasteiger partial charge is 0.0993 e. The molecule has 0 unspecified atom stereocenters. The van der Waals surface area contributed by atoms with Crippen LogP contribution in [0.5, 0.6) is 0 Å². The fourth-order valence-electron chi connectivity index (χ4n) is 2.33. The van der Waals surface area contributed by atoms with Crippen molar-refractivity contribution >= 4 is 0 Å². The van der Waals surface area contributed by atoms with E-state index < -0.39 is 0 Å². The summed E-state index contributed by atoms with van der Waals surface area (Å²) in [7, 11) is 0. The van der Waals surface area contributed by atoms with Crippen LogP contribution in [0.1, 0.15) is 68.2 Å². The van der Waals surface area contributed by atoms with E-state index >= 15 is 0 Å². The number of hydrogen-bond acceptors (Lipinski definition) is 0. The normalized spacial score (nSPS) is 14.1. The van der Waals surface area contributed by atoms with Crippen LogP contribution in [-0.2, 0) is 0 Å². The molecular weight excluding hydrogens is 180 g/mol. The van der Waals surface area contributed by atoms with Gasteiger partial charge in [-0.1, -0.05) is 67.5 Å². The van der Waals surface area contributed by atoms with Crippen LogP contribution >= 0.6 is 0 Å².